The molecule has 5 rings (SSSR count). The van der Waals surface area contributed by atoms with Crippen LogP contribution >= 0.6 is 0 Å². The van der Waals surface area contributed by atoms with Gasteiger partial charge in [-0.3, -0.25) is 14.5 Å². The molecule has 0 bridgehead atoms. The summed E-state index contributed by atoms with van der Waals surface area (Å²) in [4.78, 5) is 42.4. The summed E-state index contributed by atoms with van der Waals surface area (Å²) in [7, 11) is 1.38. The molecular weight excluding hydrogens is 437 g/mol. The largest absolute Gasteiger partial charge is 0.494 e. The van der Waals surface area contributed by atoms with Crippen molar-refractivity contribution in [2.24, 2.45) is 5.92 Å². The Hall–Kier alpha value is -3.42. The molecule has 34 heavy (non-hydrogen) atoms. The van der Waals surface area contributed by atoms with E-state index >= 15 is 0 Å². The minimum atomic E-state index is -0.993. The number of benzene rings is 2. The van der Waals surface area contributed by atoms with Gasteiger partial charge in [-0.1, -0.05) is 24.3 Å². The van der Waals surface area contributed by atoms with E-state index < -0.39 is 11.4 Å². The number of carbonyl (C=O) groups is 3. The van der Waals surface area contributed by atoms with Crippen LogP contribution in [-0.4, -0.2) is 59.4 Å². The van der Waals surface area contributed by atoms with Crippen molar-refractivity contribution in [2.75, 3.05) is 20.2 Å². The third-order valence-electron chi connectivity index (χ3n) is 7.64. The van der Waals surface area contributed by atoms with Crippen molar-refractivity contribution in [2.45, 2.75) is 44.2 Å². The number of halogens is 1. The van der Waals surface area contributed by atoms with Crippen LogP contribution in [0, 0.1) is 11.7 Å². The Morgan fingerprint density at radius 1 is 1.09 bits per heavy atom. The number of methoxy groups -OCH3 is 1. The summed E-state index contributed by atoms with van der Waals surface area (Å²) >= 11 is 0. The molecule has 2 fully saturated rings. The van der Waals surface area contributed by atoms with E-state index in [2.05, 4.69) is 17.4 Å². The average molecular weight is 466 g/mol. The minimum absolute atomic E-state index is 0.0885. The van der Waals surface area contributed by atoms with Gasteiger partial charge in [0.25, 0.3) is 11.8 Å². The first-order valence-electron chi connectivity index (χ1n) is 11.7. The maximum Gasteiger partial charge on any atom is 0.325 e. The molecule has 2 heterocycles. The number of rotatable bonds is 4. The second-order valence-electron chi connectivity index (χ2n) is 9.55. The van der Waals surface area contributed by atoms with Crippen molar-refractivity contribution >= 4 is 17.8 Å². The molecule has 178 valence electrons. The zero-order valence-electron chi connectivity index (χ0n) is 19.3. The number of urea groups is 1. The molecule has 4 amide bonds. The highest BCUT2D eigenvalue weighted by molar-refractivity contribution is 6.07. The van der Waals surface area contributed by atoms with Gasteiger partial charge in [0.1, 0.15) is 5.54 Å². The van der Waals surface area contributed by atoms with Crippen LogP contribution in [0.1, 0.15) is 41.3 Å². The molecule has 0 radical (unpaired) electrons. The van der Waals surface area contributed by atoms with Crippen molar-refractivity contribution in [3.05, 3.63) is 65.0 Å². The number of amides is 4. The van der Waals surface area contributed by atoms with Gasteiger partial charge in [-0.05, 0) is 67.9 Å². The van der Waals surface area contributed by atoms with Crippen molar-refractivity contribution in [1.29, 1.82) is 0 Å². The van der Waals surface area contributed by atoms with Gasteiger partial charge in [0.2, 0.25) is 0 Å². The molecule has 1 atom stereocenters. The first-order valence-corrected chi connectivity index (χ1v) is 11.7. The lowest BCUT2D eigenvalue weighted by atomic mass is 9.78. The monoisotopic (exact) mass is 465 g/mol. The predicted octanol–water partition coefficient (Wildman–Crippen LogP) is 3.16. The van der Waals surface area contributed by atoms with Gasteiger partial charge in [-0.2, -0.15) is 0 Å². The van der Waals surface area contributed by atoms with E-state index in [9.17, 15) is 18.8 Å². The second kappa shape index (κ2) is 8.42. The standard InChI is InChI=1S/C26H28FN3O4/c1-26(24(32)30(25(33)28-26)20-13-16-5-3-4-6-17(16)14-20)19-9-11-29(12-10-19)23(31)18-7-8-22(34-2)21(27)15-18/h3-8,15,19-20H,9-14H2,1-2H3,(H,28,33)/t26-/m0/s1. The molecule has 2 aromatic carbocycles. The summed E-state index contributed by atoms with van der Waals surface area (Å²) in [5.74, 6) is -1.01. The van der Waals surface area contributed by atoms with Crippen molar-refractivity contribution in [3.8, 4) is 5.75 Å². The third kappa shape index (κ3) is 3.61. The van der Waals surface area contributed by atoms with Gasteiger partial charge in [-0.25, -0.2) is 9.18 Å². The number of fused-ring (bicyclic) bond motifs is 1. The molecule has 3 aliphatic rings. The molecule has 2 saturated heterocycles. The van der Waals surface area contributed by atoms with Crippen molar-refractivity contribution in [1.82, 2.24) is 15.1 Å². The van der Waals surface area contributed by atoms with Gasteiger partial charge in [0, 0.05) is 24.7 Å². The minimum Gasteiger partial charge on any atom is -0.494 e. The summed E-state index contributed by atoms with van der Waals surface area (Å²) in [5.41, 5.74) is 1.64. The molecule has 0 saturated carbocycles. The number of nitrogens with one attached hydrogen (secondary N) is 1. The van der Waals surface area contributed by atoms with E-state index in [1.165, 1.54) is 35.3 Å². The zero-order valence-corrected chi connectivity index (χ0v) is 19.3. The lowest BCUT2D eigenvalue weighted by molar-refractivity contribution is -0.134. The summed E-state index contributed by atoms with van der Waals surface area (Å²) < 4.78 is 19.0. The van der Waals surface area contributed by atoms with Gasteiger partial charge in [0.05, 0.1) is 7.11 Å². The number of piperidine rings is 1. The van der Waals surface area contributed by atoms with E-state index in [4.69, 9.17) is 4.74 Å². The van der Waals surface area contributed by atoms with Gasteiger partial charge < -0.3 is 15.0 Å². The average Bonchev–Trinajstić information content (AvgIpc) is 3.36. The molecule has 1 aliphatic carbocycles. The lowest BCUT2D eigenvalue weighted by Gasteiger charge is -2.39. The van der Waals surface area contributed by atoms with Crippen LogP contribution in [0.25, 0.3) is 0 Å². The van der Waals surface area contributed by atoms with Crippen LogP contribution in [-0.2, 0) is 17.6 Å². The van der Waals surface area contributed by atoms with Crippen LogP contribution < -0.4 is 10.1 Å². The first-order chi connectivity index (χ1) is 16.3. The summed E-state index contributed by atoms with van der Waals surface area (Å²) in [6, 6.07) is 11.7. The number of likely N-dealkylation sites (tertiary alicyclic amines) is 1. The Morgan fingerprint density at radius 3 is 2.32 bits per heavy atom. The zero-order chi connectivity index (χ0) is 24.0. The van der Waals surface area contributed by atoms with Gasteiger partial charge >= 0.3 is 6.03 Å². The Labute approximate surface area is 197 Å². The van der Waals surface area contributed by atoms with Gasteiger partial charge in [0.15, 0.2) is 11.6 Å². The second-order valence-corrected chi connectivity index (χ2v) is 9.55. The lowest BCUT2D eigenvalue weighted by Crippen LogP contribution is -2.55. The molecular formula is C26H28FN3O4. The summed E-state index contributed by atoms with van der Waals surface area (Å²) in [6.45, 7) is 2.67. The van der Waals surface area contributed by atoms with E-state index in [1.54, 1.807) is 17.9 Å². The first kappa shape index (κ1) is 22.4. The molecule has 1 N–H and O–H groups in total. The molecule has 8 heteroatoms. The van der Waals surface area contributed by atoms with Crippen LogP contribution in [0.3, 0.4) is 0 Å². The van der Waals surface area contributed by atoms with E-state index in [1.807, 2.05) is 12.1 Å². The molecule has 0 unspecified atom stereocenters. The quantitative estimate of drug-likeness (QED) is 0.704. The highest BCUT2D eigenvalue weighted by Gasteiger charge is 2.55. The van der Waals surface area contributed by atoms with Crippen molar-refractivity contribution in [3.63, 3.8) is 0 Å². The third-order valence-corrected chi connectivity index (χ3v) is 7.64. The van der Waals surface area contributed by atoms with Crippen molar-refractivity contribution < 1.29 is 23.5 Å². The molecule has 2 aliphatic heterocycles. The number of imide groups is 1. The molecule has 7 nitrogen and oxygen atoms in total. The number of hydrogen-bond acceptors (Lipinski definition) is 4. The molecule has 2 aromatic rings. The molecule has 0 spiro atoms. The highest BCUT2D eigenvalue weighted by Crippen LogP contribution is 2.37. The van der Waals surface area contributed by atoms with E-state index in [-0.39, 0.29) is 41.1 Å². The number of nitrogens with zero attached hydrogens (tertiary/aromatic N) is 2. The Balaban J connectivity index is 1.25. The number of carbonyl (C=O) groups excluding carboxylic acids is 3. The SMILES string of the molecule is COc1ccc(C(=O)N2CCC([C@]3(C)NC(=O)N(C4Cc5ccccc5C4)C3=O)CC2)cc1F. The molecule has 0 aromatic heterocycles. The van der Waals surface area contributed by atoms with Crippen LogP contribution in [0.4, 0.5) is 9.18 Å². The van der Waals surface area contributed by atoms with Crippen LogP contribution in [0.15, 0.2) is 42.5 Å². The predicted molar refractivity (Wildman–Crippen MR) is 123 cm³/mol. The maximum absolute atomic E-state index is 14.0. The maximum atomic E-state index is 14.0. The Bertz CT molecular complexity index is 1140. The number of hydrogen-bond donors (Lipinski definition) is 1. The smallest absolute Gasteiger partial charge is 0.325 e. The van der Waals surface area contributed by atoms with E-state index in [0.29, 0.717) is 38.8 Å². The topological polar surface area (TPSA) is 79.0 Å². The normalized spacial score (nSPS) is 23.3. The summed E-state index contributed by atoms with van der Waals surface area (Å²) in [5, 5.41) is 2.97. The Kier molecular flexibility index (Phi) is 5.54. The fourth-order valence-corrected chi connectivity index (χ4v) is 5.65. The van der Waals surface area contributed by atoms with Gasteiger partial charge in [-0.15, -0.1) is 0 Å². The highest BCUT2D eigenvalue weighted by atomic mass is 19.1. The van der Waals surface area contributed by atoms with E-state index in [0.717, 1.165) is 0 Å². The number of ether oxygens (including phenoxy) is 1. The Morgan fingerprint density at radius 2 is 1.74 bits per heavy atom. The van der Waals surface area contributed by atoms with Crippen LogP contribution in [0.5, 0.6) is 5.75 Å². The fraction of sp³-hybridized carbons (Fsp3) is 0.423. The van der Waals surface area contributed by atoms with Crippen LogP contribution in [0.2, 0.25) is 0 Å². The fourth-order valence-electron chi connectivity index (χ4n) is 5.65. The summed E-state index contributed by atoms with van der Waals surface area (Å²) in [6.07, 6.45) is 2.50.